The van der Waals surface area contributed by atoms with Crippen LogP contribution >= 0.6 is 0 Å². The van der Waals surface area contributed by atoms with Gasteiger partial charge in [-0.25, -0.2) is 8.42 Å². The Hall–Kier alpha value is -0.130. The fourth-order valence-electron chi connectivity index (χ4n) is 0.800. The van der Waals surface area contributed by atoms with Gasteiger partial charge >= 0.3 is 0 Å². The van der Waals surface area contributed by atoms with Gasteiger partial charge in [0.1, 0.15) is 0 Å². The predicted molar refractivity (Wildman–Crippen MR) is 46.5 cm³/mol. The normalized spacial score (nSPS) is 17.3. The second-order valence-corrected chi connectivity index (χ2v) is 4.95. The molecule has 0 rings (SSSR count). The summed E-state index contributed by atoms with van der Waals surface area (Å²) in [4.78, 5) is 0. The van der Waals surface area contributed by atoms with E-state index in [1.807, 2.05) is 0 Å². The van der Waals surface area contributed by atoms with Gasteiger partial charge in [0.25, 0.3) is 5.12 Å². The van der Waals surface area contributed by atoms with Crippen molar-refractivity contribution in [3.05, 3.63) is 0 Å². The molecule has 0 amide bonds. The highest BCUT2D eigenvalue weighted by atomic mass is 32.2. The van der Waals surface area contributed by atoms with Crippen LogP contribution in [0.3, 0.4) is 0 Å². The highest BCUT2D eigenvalue weighted by Crippen LogP contribution is 2.20. The summed E-state index contributed by atoms with van der Waals surface area (Å²) >= 11 is 0. The van der Waals surface area contributed by atoms with Gasteiger partial charge in [-0.15, -0.1) is 0 Å². The van der Waals surface area contributed by atoms with Crippen LogP contribution in [0, 0.1) is 0 Å². The fourth-order valence-corrected chi connectivity index (χ4v) is 1.88. The third-order valence-corrected chi connectivity index (χ3v) is 3.90. The van der Waals surface area contributed by atoms with Crippen LogP contribution in [0.15, 0.2) is 0 Å². The van der Waals surface area contributed by atoms with E-state index >= 15 is 0 Å². The van der Waals surface area contributed by atoms with Crippen LogP contribution in [0.2, 0.25) is 0 Å². The van der Waals surface area contributed by atoms with E-state index in [1.165, 1.54) is 14.0 Å². The Morgan fingerprint density at radius 3 is 2.08 bits per heavy atom. The molecule has 0 aliphatic carbocycles. The summed E-state index contributed by atoms with van der Waals surface area (Å²) in [5.74, 6) is 0.0112. The quantitative estimate of drug-likeness (QED) is 0.610. The molecule has 12 heavy (non-hydrogen) atoms. The maximum Gasteiger partial charge on any atom is 0.270 e. The minimum absolute atomic E-state index is 0.0112. The van der Waals surface area contributed by atoms with Gasteiger partial charge < -0.3 is 9.47 Å². The lowest BCUT2D eigenvalue weighted by atomic mass is 10.7. The lowest BCUT2D eigenvalue weighted by Crippen LogP contribution is -2.41. The van der Waals surface area contributed by atoms with Crippen molar-refractivity contribution in [3.8, 4) is 0 Å². The zero-order valence-corrected chi connectivity index (χ0v) is 8.77. The van der Waals surface area contributed by atoms with Crippen molar-refractivity contribution in [2.24, 2.45) is 0 Å². The molecule has 0 saturated carbocycles. The monoisotopic (exact) mass is 196 g/mol. The molecule has 0 saturated heterocycles. The van der Waals surface area contributed by atoms with Gasteiger partial charge in [-0.2, -0.15) is 0 Å². The van der Waals surface area contributed by atoms with Gasteiger partial charge in [0.05, 0.1) is 5.75 Å². The Morgan fingerprint density at radius 1 is 1.33 bits per heavy atom. The Labute approximate surface area is 73.8 Å². The standard InChI is InChI=1S/C7H16O4S/c1-5-11-7(3,10-4)12(8,9)6-2/h5-6H2,1-4H3. The Bertz CT molecular complexity index is 222. The summed E-state index contributed by atoms with van der Waals surface area (Å²) in [7, 11) is -1.99. The molecule has 5 heteroatoms. The third-order valence-electron chi connectivity index (χ3n) is 1.72. The first-order chi connectivity index (χ1) is 5.43. The van der Waals surface area contributed by atoms with Crippen molar-refractivity contribution in [1.29, 1.82) is 0 Å². The van der Waals surface area contributed by atoms with Crippen LogP contribution in [-0.2, 0) is 19.3 Å². The lowest BCUT2D eigenvalue weighted by molar-refractivity contribution is -0.143. The Kier molecular flexibility index (Phi) is 4.16. The second kappa shape index (κ2) is 4.20. The molecule has 0 aromatic carbocycles. The Morgan fingerprint density at radius 2 is 1.83 bits per heavy atom. The van der Waals surface area contributed by atoms with Crippen molar-refractivity contribution in [1.82, 2.24) is 0 Å². The van der Waals surface area contributed by atoms with E-state index in [-0.39, 0.29) is 5.75 Å². The maximum absolute atomic E-state index is 11.4. The summed E-state index contributed by atoms with van der Waals surface area (Å²) in [6, 6.07) is 0. The molecule has 74 valence electrons. The zero-order chi connectivity index (χ0) is 9.83. The van der Waals surface area contributed by atoms with Gasteiger partial charge in [0.15, 0.2) is 0 Å². The number of sulfone groups is 1. The average Bonchev–Trinajstić information content (AvgIpc) is 2.04. The van der Waals surface area contributed by atoms with Crippen LogP contribution in [0.4, 0.5) is 0 Å². The van der Waals surface area contributed by atoms with E-state index in [4.69, 9.17) is 9.47 Å². The van der Waals surface area contributed by atoms with Crippen LogP contribution in [0.1, 0.15) is 20.8 Å². The molecule has 0 spiro atoms. The zero-order valence-electron chi connectivity index (χ0n) is 7.96. The molecule has 0 aromatic heterocycles. The van der Waals surface area contributed by atoms with Crippen molar-refractivity contribution in [2.75, 3.05) is 19.5 Å². The molecule has 0 fully saturated rings. The molecule has 4 nitrogen and oxygen atoms in total. The smallest absolute Gasteiger partial charge is 0.270 e. The number of rotatable bonds is 5. The Balaban J connectivity index is 4.75. The average molecular weight is 196 g/mol. The number of ether oxygens (including phenoxy) is 2. The van der Waals surface area contributed by atoms with Gasteiger partial charge in [-0.1, -0.05) is 6.92 Å². The number of methoxy groups -OCH3 is 1. The van der Waals surface area contributed by atoms with Crippen molar-refractivity contribution >= 4 is 9.84 Å². The van der Waals surface area contributed by atoms with E-state index in [1.54, 1.807) is 13.8 Å². The summed E-state index contributed by atoms with van der Waals surface area (Å²) in [5.41, 5.74) is 0. The molecule has 1 atom stereocenters. The fraction of sp³-hybridized carbons (Fsp3) is 1.00. The van der Waals surface area contributed by atoms with Crippen molar-refractivity contribution in [3.63, 3.8) is 0 Å². The molecule has 0 heterocycles. The topological polar surface area (TPSA) is 52.6 Å². The summed E-state index contributed by atoms with van der Waals surface area (Å²) in [5, 5.41) is -1.49. The molecule has 0 aliphatic heterocycles. The predicted octanol–water partition coefficient (Wildman–Crippen LogP) is 0.778. The second-order valence-electron chi connectivity index (χ2n) is 2.40. The van der Waals surface area contributed by atoms with Gasteiger partial charge in [0, 0.05) is 20.6 Å². The van der Waals surface area contributed by atoms with E-state index < -0.39 is 15.0 Å². The van der Waals surface area contributed by atoms with E-state index in [2.05, 4.69) is 0 Å². The van der Waals surface area contributed by atoms with Crippen molar-refractivity contribution in [2.45, 2.75) is 25.9 Å². The largest absolute Gasteiger partial charge is 0.341 e. The van der Waals surface area contributed by atoms with Crippen LogP contribution in [-0.4, -0.2) is 33.0 Å². The summed E-state index contributed by atoms with van der Waals surface area (Å²) < 4.78 is 32.6. The highest BCUT2D eigenvalue weighted by Gasteiger charge is 2.38. The first kappa shape index (κ1) is 11.9. The van der Waals surface area contributed by atoms with Crippen molar-refractivity contribution < 1.29 is 17.9 Å². The number of hydrogen-bond acceptors (Lipinski definition) is 4. The van der Waals surface area contributed by atoms with Crippen LogP contribution in [0.25, 0.3) is 0 Å². The van der Waals surface area contributed by atoms with Crippen LogP contribution in [0.5, 0.6) is 0 Å². The van der Waals surface area contributed by atoms with E-state index in [0.717, 1.165) is 0 Å². The van der Waals surface area contributed by atoms with Gasteiger partial charge in [-0.3, -0.25) is 0 Å². The molecule has 0 aromatic rings. The van der Waals surface area contributed by atoms with Crippen LogP contribution < -0.4 is 0 Å². The molecule has 0 N–H and O–H groups in total. The summed E-state index contributed by atoms with van der Waals surface area (Å²) in [6.07, 6.45) is 0. The number of hydrogen-bond donors (Lipinski definition) is 0. The SMILES string of the molecule is CCOC(C)(OC)S(=O)(=O)CC. The minimum atomic E-state index is -3.32. The first-order valence-corrected chi connectivity index (χ1v) is 5.50. The summed E-state index contributed by atoms with van der Waals surface area (Å²) in [6.45, 7) is 5.01. The van der Waals surface area contributed by atoms with Gasteiger partial charge in [-0.05, 0) is 6.92 Å². The third kappa shape index (κ3) is 2.18. The molecule has 0 radical (unpaired) electrons. The lowest BCUT2D eigenvalue weighted by Gasteiger charge is -2.26. The molecule has 0 bridgehead atoms. The minimum Gasteiger partial charge on any atom is -0.341 e. The molecular formula is C7H16O4S. The molecular weight excluding hydrogens is 180 g/mol. The van der Waals surface area contributed by atoms with E-state index in [0.29, 0.717) is 6.61 Å². The van der Waals surface area contributed by atoms with E-state index in [9.17, 15) is 8.42 Å². The maximum atomic E-state index is 11.4. The first-order valence-electron chi connectivity index (χ1n) is 3.85. The highest BCUT2D eigenvalue weighted by molar-refractivity contribution is 7.92. The molecule has 0 aliphatic rings. The van der Waals surface area contributed by atoms with Gasteiger partial charge in [0.2, 0.25) is 9.84 Å². The molecule has 1 unspecified atom stereocenters.